The number of aryl methyl sites for hydroxylation is 1. The Hall–Kier alpha value is -1.23. The Kier molecular flexibility index (Phi) is 3.41. The van der Waals surface area contributed by atoms with Gasteiger partial charge in [0.2, 0.25) is 0 Å². The van der Waals surface area contributed by atoms with Crippen LogP contribution in [0, 0.1) is 0 Å². The molecule has 3 aromatic rings. The molecule has 3 aromatic heterocycles. The molecule has 2 nitrogen and oxygen atoms in total. The highest BCUT2D eigenvalue weighted by atomic mass is 32.1. The lowest BCUT2D eigenvalue weighted by atomic mass is 10.1. The van der Waals surface area contributed by atoms with Crippen LogP contribution in [-0.2, 0) is 6.42 Å². The van der Waals surface area contributed by atoms with Crippen molar-refractivity contribution in [1.82, 2.24) is 4.98 Å². The number of fused-ring (bicyclic) bond motifs is 1. The first-order valence-corrected chi connectivity index (χ1v) is 7.62. The number of aliphatic hydroxyl groups is 1. The van der Waals surface area contributed by atoms with Crippen LogP contribution in [0.25, 0.3) is 10.2 Å². The van der Waals surface area contributed by atoms with Gasteiger partial charge in [-0.15, -0.1) is 22.7 Å². The van der Waals surface area contributed by atoms with Gasteiger partial charge in [-0.25, -0.2) is 0 Å². The zero-order valence-corrected chi connectivity index (χ0v) is 11.4. The Morgan fingerprint density at radius 2 is 2.17 bits per heavy atom. The standard InChI is InChI=1S/C14H13NOS2/c16-13(4-3-11-2-1-6-17-11)10-8-14-12(15-9-10)5-7-18-14/h1-2,5-9,13,16H,3-4H2. The first kappa shape index (κ1) is 11.8. The second-order valence-electron chi connectivity index (χ2n) is 4.21. The smallest absolute Gasteiger partial charge is 0.0809 e. The Labute approximate surface area is 114 Å². The average Bonchev–Trinajstić information content (AvgIpc) is 3.05. The van der Waals surface area contributed by atoms with Crippen LogP contribution in [0.3, 0.4) is 0 Å². The fourth-order valence-electron chi connectivity index (χ4n) is 1.94. The molecule has 3 rings (SSSR count). The van der Waals surface area contributed by atoms with Gasteiger partial charge >= 0.3 is 0 Å². The topological polar surface area (TPSA) is 33.1 Å². The Balaban J connectivity index is 1.72. The molecule has 0 aromatic carbocycles. The van der Waals surface area contributed by atoms with E-state index in [4.69, 9.17) is 0 Å². The van der Waals surface area contributed by atoms with Crippen LogP contribution >= 0.6 is 22.7 Å². The first-order chi connectivity index (χ1) is 8.83. The summed E-state index contributed by atoms with van der Waals surface area (Å²) in [6.45, 7) is 0. The van der Waals surface area contributed by atoms with Crippen molar-refractivity contribution in [2.24, 2.45) is 0 Å². The minimum absolute atomic E-state index is 0.425. The van der Waals surface area contributed by atoms with E-state index in [0.717, 1.165) is 28.6 Å². The zero-order valence-electron chi connectivity index (χ0n) is 9.74. The highest BCUT2D eigenvalue weighted by Gasteiger charge is 2.10. The van der Waals surface area contributed by atoms with Crippen LogP contribution in [0.2, 0.25) is 0 Å². The molecule has 0 aliphatic heterocycles. The number of rotatable bonds is 4. The van der Waals surface area contributed by atoms with Gasteiger partial charge in [0, 0.05) is 16.6 Å². The number of hydrogen-bond acceptors (Lipinski definition) is 4. The Morgan fingerprint density at radius 3 is 3.00 bits per heavy atom. The van der Waals surface area contributed by atoms with Crippen LogP contribution in [0.1, 0.15) is 23.0 Å². The molecule has 0 fully saturated rings. The average molecular weight is 275 g/mol. The fourth-order valence-corrected chi connectivity index (χ4v) is 3.46. The Morgan fingerprint density at radius 1 is 1.22 bits per heavy atom. The SMILES string of the molecule is OC(CCc1cccs1)c1cnc2ccsc2c1. The van der Waals surface area contributed by atoms with E-state index in [2.05, 4.69) is 16.4 Å². The Bertz CT molecular complexity index is 630. The summed E-state index contributed by atoms with van der Waals surface area (Å²) >= 11 is 3.40. The van der Waals surface area contributed by atoms with Gasteiger partial charge in [0.05, 0.1) is 16.3 Å². The molecular weight excluding hydrogens is 262 g/mol. The highest BCUT2D eigenvalue weighted by molar-refractivity contribution is 7.17. The molecule has 0 aliphatic carbocycles. The lowest BCUT2D eigenvalue weighted by Gasteiger charge is -2.09. The quantitative estimate of drug-likeness (QED) is 0.780. The molecule has 1 unspecified atom stereocenters. The third-order valence-electron chi connectivity index (χ3n) is 2.95. The first-order valence-electron chi connectivity index (χ1n) is 5.86. The molecule has 1 N–H and O–H groups in total. The lowest BCUT2D eigenvalue weighted by molar-refractivity contribution is 0.168. The summed E-state index contributed by atoms with van der Waals surface area (Å²) in [4.78, 5) is 5.68. The number of pyridine rings is 1. The van der Waals surface area contributed by atoms with Gasteiger partial charge in [-0.2, -0.15) is 0 Å². The number of hydrogen-bond donors (Lipinski definition) is 1. The molecule has 0 bridgehead atoms. The molecule has 0 radical (unpaired) electrons. The van der Waals surface area contributed by atoms with E-state index in [9.17, 15) is 5.11 Å². The summed E-state index contributed by atoms with van der Waals surface area (Å²) in [6, 6.07) is 8.21. The van der Waals surface area contributed by atoms with E-state index in [1.807, 2.05) is 23.6 Å². The minimum Gasteiger partial charge on any atom is -0.388 e. The van der Waals surface area contributed by atoms with Crippen LogP contribution in [0.5, 0.6) is 0 Å². The van der Waals surface area contributed by atoms with Gasteiger partial charge in [0.15, 0.2) is 0 Å². The maximum absolute atomic E-state index is 10.2. The normalized spacial score (nSPS) is 12.9. The van der Waals surface area contributed by atoms with Crippen molar-refractivity contribution in [2.75, 3.05) is 0 Å². The van der Waals surface area contributed by atoms with Gasteiger partial charge in [-0.1, -0.05) is 6.07 Å². The highest BCUT2D eigenvalue weighted by Crippen LogP contribution is 2.25. The van der Waals surface area contributed by atoms with Gasteiger partial charge < -0.3 is 5.11 Å². The number of aliphatic hydroxyl groups excluding tert-OH is 1. The van der Waals surface area contributed by atoms with Crippen molar-refractivity contribution in [2.45, 2.75) is 18.9 Å². The molecule has 0 amide bonds. The summed E-state index contributed by atoms with van der Waals surface area (Å²) in [5.41, 5.74) is 1.93. The zero-order chi connectivity index (χ0) is 12.4. The van der Waals surface area contributed by atoms with E-state index < -0.39 is 6.10 Å². The van der Waals surface area contributed by atoms with Crippen molar-refractivity contribution >= 4 is 32.9 Å². The van der Waals surface area contributed by atoms with Crippen LogP contribution in [0.15, 0.2) is 41.2 Å². The van der Waals surface area contributed by atoms with Gasteiger partial charge in [-0.3, -0.25) is 4.98 Å². The van der Waals surface area contributed by atoms with Crippen LogP contribution in [0.4, 0.5) is 0 Å². The third-order valence-corrected chi connectivity index (χ3v) is 4.74. The molecule has 0 aliphatic rings. The maximum atomic E-state index is 10.2. The van der Waals surface area contributed by atoms with Crippen LogP contribution in [-0.4, -0.2) is 10.1 Å². The van der Waals surface area contributed by atoms with Crippen molar-refractivity contribution < 1.29 is 5.11 Å². The second-order valence-corrected chi connectivity index (χ2v) is 6.19. The molecule has 18 heavy (non-hydrogen) atoms. The van der Waals surface area contributed by atoms with Gasteiger partial charge in [0.25, 0.3) is 0 Å². The van der Waals surface area contributed by atoms with Gasteiger partial charge in [-0.05, 0) is 41.8 Å². The molecule has 92 valence electrons. The van der Waals surface area contributed by atoms with Crippen molar-refractivity contribution in [3.05, 3.63) is 51.7 Å². The lowest BCUT2D eigenvalue weighted by Crippen LogP contribution is -1.99. The summed E-state index contributed by atoms with van der Waals surface area (Å²) in [5.74, 6) is 0. The van der Waals surface area contributed by atoms with Gasteiger partial charge in [0.1, 0.15) is 0 Å². The summed E-state index contributed by atoms with van der Waals surface area (Å²) < 4.78 is 1.14. The maximum Gasteiger partial charge on any atom is 0.0809 e. The molecule has 0 saturated carbocycles. The predicted octanol–water partition coefficient (Wildman–Crippen LogP) is 4.02. The fraction of sp³-hybridized carbons (Fsp3) is 0.214. The molecular formula is C14H13NOS2. The van der Waals surface area contributed by atoms with Crippen molar-refractivity contribution in [3.8, 4) is 0 Å². The van der Waals surface area contributed by atoms with E-state index in [-0.39, 0.29) is 0 Å². The molecule has 0 saturated heterocycles. The van der Waals surface area contributed by atoms with Crippen molar-refractivity contribution in [1.29, 1.82) is 0 Å². The monoisotopic (exact) mass is 275 g/mol. The predicted molar refractivity (Wildman–Crippen MR) is 77.2 cm³/mol. The van der Waals surface area contributed by atoms with E-state index in [1.54, 1.807) is 28.9 Å². The summed E-state index contributed by atoms with van der Waals surface area (Å²) in [7, 11) is 0. The summed E-state index contributed by atoms with van der Waals surface area (Å²) in [6.07, 6.45) is 3.03. The summed E-state index contributed by atoms with van der Waals surface area (Å²) in [5, 5.41) is 14.3. The molecule has 1 atom stereocenters. The second kappa shape index (κ2) is 5.18. The van der Waals surface area contributed by atoms with E-state index in [0.29, 0.717) is 0 Å². The number of aromatic nitrogens is 1. The number of nitrogens with zero attached hydrogens (tertiary/aromatic N) is 1. The molecule has 0 spiro atoms. The largest absolute Gasteiger partial charge is 0.388 e. The molecule has 3 heterocycles. The van der Waals surface area contributed by atoms with E-state index in [1.165, 1.54) is 4.88 Å². The third kappa shape index (κ3) is 2.46. The van der Waals surface area contributed by atoms with Crippen LogP contribution < -0.4 is 0 Å². The van der Waals surface area contributed by atoms with Crippen molar-refractivity contribution in [3.63, 3.8) is 0 Å². The number of thiophene rings is 2. The molecule has 4 heteroatoms. The minimum atomic E-state index is -0.425. The van der Waals surface area contributed by atoms with E-state index >= 15 is 0 Å².